The summed E-state index contributed by atoms with van der Waals surface area (Å²) in [5.41, 5.74) is 0.409. The summed E-state index contributed by atoms with van der Waals surface area (Å²) in [5, 5.41) is 8.78. The summed E-state index contributed by atoms with van der Waals surface area (Å²) in [6.07, 6.45) is 5.22. The minimum Gasteiger partial charge on any atom is -0.283 e. The van der Waals surface area contributed by atoms with E-state index in [4.69, 9.17) is 11.6 Å². The number of halogens is 2. The Morgan fingerprint density at radius 1 is 1.31 bits per heavy atom. The van der Waals surface area contributed by atoms with Gasteiger partial charge in [0.05, 0.1) is 29.2 Å². The van der Waals surface area contributed by atoms with E-state index < -0.39 is 17.1 Å². The SMILES string of the molecule is Cc1c(-c2ccc(F)c(Cl)n2)c(=O)n(-c2cncc(C3CC3)c2)c(=O)n1CC#N. The first kappa shape index (κ1) is 19.0. The Morgan fingerprint density at radius 2 is 2.07 bits per heavy atom. The minimum absolute atomic E-state index is 0.0681. The maximum Gasteiger partial charge on any atom is 0.336 e. The van der Waals surface area contributed by atoms with Crippen molar-refractivity contribution in [2.24, 2.45) is 0 Å². The lowest BCUT2D eigenvalue weighted by atomic mass is 10.1. The van der Waals surface area contributed by atoms with Crippen LogP contribution in [0.1, 0.15) is 30.0 Å². The molecule has 1 aliphatic rings. The van der Waals surface area contributed by atoms with Crippen molar-refractivity contribution in [1.82, 2.24) is 19.1 Å². The predicted octanol–water partition coefficient (Wildman–Crippen LogP) is 2.96. The van der Waals surface area contributed by atoms with Crippen LogP contribution in [0, 0.1) is 24.1 Å². The molecule has 0 aromatic carbocycles. The predicted molar refractivity (Wildman–Crippen MR) is 105 cm³/mol. The van der Waals surface area contributed by atoms with Gasteiger partial charge in [-0.2, -0.15) is 5.26 Å². The molecule has 4 rings (SSSR count). The highest BCUT2D eigenvalue weighted by atomic mass is 35.5. The summed E-state index contributed by atoms with van der Waals surface area (Å²) in [4.78, 5) is 34.5. The molecule has 0 spiro atoms. The maximum atomic E-state index is 13.6. The van der Waals surface area contributed by atoms with E-state index in [1.165, 1.54) is 23.8 Å². The monoisotopic (exact) mass is 411 g/mol. The summed E-state index contributed by atoms with van der Waals surface area (Å²) in [5.74, 6) is -0.345. The number of aromatic nitrogens is 4. The van der Waals surface area contributed by atoms with E-state index in [-0.39, 0.29) is 28.6 Å². The van der Waals surface area contributed by atoms with E-state index in [0.717, 1.165) is 29.0 Å². The second-order valence-electron chi connectivity index (χ2n) is 6.85. The minimum atomic E-state index is -0.722. The van der Waals surface area contributed by atoms with Gasteiger partial charge in [-0.05, 0) is 49.4 Å². The average molecular weight is 412 g/mol. The van der Waals surface area contributed by atoms with E-state index in [2.05, 4.69) is 9.97 Å². The third kappa shape index (κ3) is 3.34. The van der Waals surface area contributed by atoms with Gasteiger partial charge >= 0.3 is 5.69 Å². The van der Waals surface area contributed by atoms with E-state index in [1.807, 2.05) is 6.07 Å². The molecule has 1 fully saturated rings. The standard InChI is InChI=1S/C20H15ClFN5O2/c1-11-17(16-5-4-15(22)18(21)25-16)19(28)27(20(29)26(11)7-6-23)14-8-13(9-24-10-14)12-2-3-12/h4-5,8-10,12H,2-3,7H2,1H3. The summed E-state index contributed by atoms with van der Waals surface area (Å²) in [6, 6.07) is 6.10. The molecule has 0 aliphatic heterocycles. The van der Waals surface area contributed by atoms with Crippen LogP contribution in [0.4, 0.5) is 4.39 Å². The lowest BCUT2D eigenvalue weighted by Gasteiger charge is -2.15. The van der Waals surface area contributed by atoms with Crippen LogP contribution in [0.15, 0.2) is 40.2 Å². The van der Waals surface area contributed by atoms with Gasteiger partial charge in [0, 0.05) is 11.9 Å². The zero-order valence-electron chi connectivity index (χ0n) is 15.4. The van der Waals surface area contributed by atoms with Gasteiger partial charge in [-0.25, -0.2) is 18.7 Å². The molecule has 0 amide bonds. The highest BCUT2D eigenvalue weighted by Crippen LogP contribution is 2.40. The first-order valence-corrected chi connectivity index (χ1v) is 9.31. The van der Waals surface area contributed by atoms with Crippen molar-refractivity contribution < 1.29 is 4.39 Å². The average Bonchev–Trinajstić information content (AvgIpc) is 3.54. The molecule has 9 heteroatoms. The number of nitriles is 1. The molecule has 1 aliphatic carbocycles. The second kappa shape index (κ2) is 7.26. The number of hydrogen-bond acceptors (Lipinski definition) is 5. The first-order valence-electron chi connectivity index (χ1n) is 8.93. The van der Waals surface area contributed by atoms with Gasteiger partial charge in [0.25, 0.3) is 5.56 Å². The third-order valence-corrected chi connectivity index (χ3v) is 5.21. The smallest absolute Gasteiger partial charge is 0.283 e. The van der Waals surface area contributed by atoms with Crippen LogP contribution in [0.3, 0.4) is 0 Å². The maximum absolute atomic E-state index is 13.6. The Balaban J connectivity index is 2.03. The number of hydrogen-bond donors (Lipinski definition) is 0. The van der Waals surface area contributed by atoms with Crippen molar-refractivity contribution in [1.29, 1.82) is 5.26 Å². The highest BCUT2D eigenvalue weighted by molar-refractivity contribution is 6.29. The van der Waals surface area contributed by atoms with Crippen LogP contribution in [-0.4, -0.2) is 19.1 Å². The summed E-state index contributed by atoms with van der Waals surface area (Å²) >= 11 is 5.79. The molecule has 1 saturated carbocycles. The molecule has 3 heterocycles. The molecular weight excluding hydrogens is 397 g/mol. The second-order valence-corrected chi connectivity index (χ2v) is 7.21. The molecule has 29 heavy (non-hydrogen) atoms. The van der Waals surface area contributed by atoms with Gasteiger partial charge in [-0.15, -0.1) is 0 Å². The summed E-state index contributed by atoms with van der Waals surface area (Å²) < 4.78 is 15.7. The van der Waals surface area contributed by atoms with Crippen molar-refractivity contribution >= 4 is 11.6 Å². The first-order chi connectivity index (χ1) is 13.9. The lowest BCUT2D eigenvalue weighted by molar-refractivity contribution is 0.622. The van der Waals surface area contributed by atoms with Crippen LogP contribution in [0.2, 0.25) is 5.15 Å². The largest absolute Gasteiger partial charge is 0.336 e. The molecule has 0 bridgehead atoms. The Labute approximate surface area is 169 Å². The van der Waals surface area contributed by atoms with Gasteiger partial charge in [-0.1, -0.05) is 11.6 Å². The van der Waals surface area contributed by atoms with E-state index in [0.29, 0.717) is 11.6 Å². The summed E-state index contributed by atoms with van der Waals surface area (Å²) in [7, 11) is 0. The van der Waals surface area contributed by atoms with Gasteiger partial charge in [0.2, 0.25) is 0 Å². The fourth-order valence-electron chi connectivity index (χ4n) is 3.30. The number of rotatable bonds is 4. The number of nitrogens with zero attached hydrogens (tertiary/aromatic N) is 5. The van der Waals surface area contributed by atoms with Gasteiger partial charge in [-0.3, -0.25) is 14.3 Å². The molecule has 146 valence electrons. The van der Waals surface area contributed by atoms with Gasteiger partial charge in [0.15, 0.2) is 11.0 Å². The highest BCUT2D eigenvalue weighted by Gasteiger charge is 2.25. The lowest BCUT2D eigenvalue weighted by Crippen LogP contribution is -2.41. The van der Waals surface area contributed by atoms with Crippen molar-refractivity contribution in [2.75, 3.05) is 0 Å². The molecule has 3 aromatic heterocycles. The molecular formula is C20H15ClFN5O2. The van der Waals surface area contributed by atoms with Crippen LogP contribution in [0.5, 0.6) is 0 Å². The number of pyridine rings is 2. The molecule has 3 aromatic rings. The van der Waals surface area contributed by atoms with E-state index in [9.17, 15) is 19.2 Å². The Morgan fingerprint density at radius 3 is 2.72 bits per heavy atom. The van der Waals surface area contributed by atoms with Gasteiger partial charge in [0.1, 0.15) is 6.54 Å². The zero-order chi connectivity index (χ0) is 20.7. The molecule has 0 N–H and O–H groups in total. The van der Waals surface area contributed by atoms with Crippen molar-refractivity contribution in [3.8, 4) is 23.0 Å². The Bertz CT molecular complexity index is 1290. The Kier molecular flexibility index (Phi) is 4.76. The van der Waals surface area contributed by atoms with Crippen LogP contribution >= 0.6 is 11.6 Å². The molecule has 0 radical (unpaired) electrons. The fourth-order valence-corrected chi connectivity index (χ4v) is 3.45. The van der Waals surface area contributed by atoms with Crippen molar-refractivity contribution in [3.63, 3.8) is 0 Å². The topological polar surface area (TPSA) is 93.6 Å². The molecule has 0 unspecified atom stereocenters. The summed E-state index contributed by atoms with van der Waals surface area (Å²) in [6.45, 7) is 1.28. The zero-order valence-corrected chi connectivity index (χ0v) is 16.1. The molecule has 7 nitrogen and oxygen atoms in total. The quantitative estimate of drug-likeness (QED) is 0.615. The van der Waals surface area contributed by atoms with Crippen LogP contribution in [0.25, 0.3) is 16.9 Å². The van der Waals surface area contributed by atoms with E-state index in [1.54, 1.807) is 12.3 Å². The van der Waals surface area contributed by atoms with Gasteiger partial charge < -0.3 is 0 Å². The normalized spacial score (nSPS) is 13.3. The Hall–Kier alpha value is -3.31. The third-order valence-electron chi connectivity index (χ3n) is 4.95. The van der Waals surface area contributed by atoms with Crippen LogP contribution in [-0.2, 0) is 6.54 Å². The fraction of sp³-hybridized carbons (Fsp3) is 0.250. The molecule has 0 saturated heterocycles. The van der Waals surface area contributed by atoms with Crippen molar-refractivity contribution in [3.05, 3.63) is 73.7 Å². The van der Waals surface area contributed by atoms with Crippen molar-refractivity contribution in [2.45, 2.75) is 32.2 Å². The van der Waals surface area contributed by atoms with Crippen LogP contribution < -0.4 is 11.2 Å². The molecule has 0 atom stereocenters. The van der Waals surface area contributed by atoms with E-state index >= 15 is 0 Å².